The van der Waals surface area contributed by atoms with E-state index in [1.165, 1.54) is 6.92 Å². The highest BCUT2D eigenvalue weighted by Crippen LogP contribution is 2.33. The number of anilines is 2. The van der Waals surface area contributed by atoms with Crippen molar-refractivity contribution in [3.05, 3.63) is 48.8 Å². The SMILES string of the molecule is CC1(C(=O)Nc2ccncc2)Oc2ccccc2NC1=O. The lowest BCUT2D eigenvalue weighted by molar-refractivity contribution is -0.143. The lowest BCUT2D eigenvalue weighted by Gasteiger charge is -2.33. The van der Waals surface area contributed by atoms with E-state index in [1.54, 1.807) is 48.8 Å². The number of benzene rings is 1. The van der Waals surface area contributed by atoms with Crippen LogP contribution in [0, 0.1) is 0 Å². The van der Waals surface area contributed by atoms with Gasteiger partial charge in [0.1, 0.15) is 5.75 Å². The van der Waals surface area contributed by atoms with Crippen LogP contribution in [-0.2, 0) is 9.59 Å². The Kier molecular flexibility index (Phi) is 3.06. The van der Waals surface area contributed by atoms with Crippen LogP contribution in [0.4, 0.5) is 11.4 Å². The molecular formula is C15H13N3O3. The molecule has 0 fully saturated rings. The zero-order valence-corrected chi connectivity index (χ0v) is 11.3. The van der Waals surface area contributed by atoms with Crippen LogP contribution in [-0.4, -0.2) is 22.4 Å². The standard InChI is InChI=1S/C15H13N3O3/c1-15(13(19)17-10-6-8-16-9-7-10)14(20)18-11-4-2-3-5-12(11)21-15/h2-9H,1H3,(H,18,20)(H,16,17,19). The average Bonchev–Trinajstić information content (AvgIpc) is 2.49. The minimum absolute atomic E-state index is 0.462. The van der Waals surface area contributed by atoms with Crippen molar-refractivity contribution in [1.29, 1.82) is 0 Å². The number of fused-ring (bicyclic) bond motifs is 1. The number of rotatable bonds is 2. The number of ether oxygens (including phenoxy) is 1. The van der Waals surface area contributed by atoms with Gasteiger partial charge in [0.25, 0.3) is 17.4 Å². The van der Waals surface area contributed by atoms with Crippen molar-refractivity contribution in [3.8, 4) is 5.75 Å². The predicted molar refractivity (Wildman–Crippen MR) is 77.0 cm³/mol. The largest absolute Gasteiger partial charge is 0.466 e. The second kappa shape index (κ2) is 4.90. The van der Waals surface area contributed by atoms with Gasteiger partial charge in [-0.25, -0.2) is 0 Å². The van der Waals surface area contributed by atoms with Gasteiger partial charge in [-0.3, -0.25) is 14.6 Å². The molecule has 1 atom stereocenters. The molecule has 21 heavy (non-hydrogen) atoms. The smallest absolute Gasteiger partial charge is 0.278 e. The second-order valence-corrected chi connectivity index (χ2v) is 4.78. The van der Waals surface area contributed by atoms with Crippen LogP contribution in [0.25, 0.3) is 0 Å². The first kappa shape index (κ1) is 13.1. The Bertz CT molecular complexity index is 702. The van der Waals surface area contributed by atoms with E-state index in [2.05, 4.69) is 15.6 Å². The number of hydrogen-bond acceptors (Lipinski definition) is 4. The van der Waals surface area contributed by atoms with Crippen LogP contribution < -0.4 is 15.4 Å². The molecule has 0 radical (unpaired) electrons. The van der Waals surface area contributed by atoms with Crippen molar-refractivity contribution in [2.24, 2.45) is 0 Å². The highest BCUT2D eigenvalue weighted by molar-refractivity contribution is 6.18. The molecule has 1 aromatic carbocycles. The molecule has 0 aliphatic carbocycles. The van der Waals surface area contributed by atoms with E-state index in [0.717, 1.165) is 0 Å². The molecule has 0 saturated carbocycles. The topological polar surface area (TPSA) is 80.3 Å². The van der Waals surface area contributed by atoms with Crippen molar-refractivity contribution in [2.45, 2.75) is 12.5 Å². The molecule has 0 saturated heterocycles. The lowest BCUT2D eigenvalue weighted by Crippen LogP contribution is -2.56. The summed E-state index contributed by atoms with van der Waals surface area (Å²) < 4.78 is 5.63. The van der Waals surface area contributed by atoms with Crippen molar-refractivity contribution in [2.75, 3.05) is 10.6 Å². The normalized spacial score (nSPS) is 20.0. The quantitative estimate of drug-likeness (QED) is 0.824. The molecule has 2 amide bonds. The number of carbonyl (C=O) groups is 2. The number of nitrogens with one attached hydrogen (secondary N) is 2. The summed E-state index contributed by atoms with van der Waals surface area (Å²) in [6, 6.07) is 10.2. The Hall–Kier alpha value is -2.89. The number of aromatic nitrogens is 1. The number of nitrogens with zero attached hydrogens (tertiary/aromatic N) is 1. The summed E-state index contributed by atoms with van der Waals surface area (Å²) in [7, 11) is 0. The van der Waals surface area contributed by atoms with Crippen LogP contribution in [0.2, 0.25) is 0 Å². The van der Waals surface area contributed by atoms with Crippen molar-refractivity contribution in [3.63, 3.8) is 0 Å². The van der Waals surface area contributed by atoms with E-state index in [-0.39, 0.29) is 0 Å². The van der Waals surface area contributed by atoms with Gasteiger partial charge >= 0.3 is 0 Å². The Morgan fingerprint density at radius 2 is 1.95 bits per heavy atom. The van der Waals surface area contributed by atoms with Gasteiger partial charge in [-0.1, -0.05) is 12.1 Å². The van der Waals surface area contributed by atoms with Crippen molar-refractivity contribution < 1.29 is 14.3 Å². The predicted octanol–water partition coefficient (Wildman–Crippen LogP) is 1.81. The lowest BCUT2D eigenvalue weighted by atomic mass is 10.0. The molecule has 3 rings (SSSR count). The monoisotopic (exact) mass is 283 g/mol. The molecule has 1 unspecified atom stereocenters. The summed E-state index contributed by atoms with van der Waals surface area (Å²) in [5.74, 6) is -0.585. The van der Waals surface area contributed by atoms with Crippen LogP contribution >= 0.6 is 0 Å². The number of hydrogen-bond donors (Lipinski definition) is 2. The Morgan fingerprint density at radius 3 is 2.71 bits per heavy atom. The van der Waals surface area contributed by atoms with Crippen molar-refractivity contribution in [1.82, 2.24) is 4.98 Å². The second-order valence-electron chi connectivity index (χ2n) is 4.78. The number of carbonyl (C=O) groups excluding carboxylic acids is 2. The first-order chi connectivity index (χ1) is 10.1. The molecule has 106 valence electrons. The van der Waals surface area contributed by atoms with Gasteiger partial charge in [-0.15, -0.1) is 0 Å². The molecule has 1 aliphatic heterocycles. The zero-order chi connectivity index (χ0) is 14.9. The fourth-order valence-electron chi connectivity index (χ4n) is 2.00. The molecule has 1 aliphatic rings. The van der Waals surface area contributed by atoms with Gasteiger partial charge in [0.15, 0.2) is 0 Å². The number of amides is 2. The maximum absolute atomic E-state index is 12.4. The van der Waals surface area contributed by atoms with Crippen LogP contribution in [0.1, 0.15) is 6.92 Å². The first-order valence-electron chi connectivity index (χ1n) is 6.40. The van der Waals surface area contributed by atoms with Crippen LogP contribution in [0.15, 0.2) is 48.8 Å². The number of para-hydroxylation sites is 2. The molecule has 1 aromatic heterocycles. The van der Waals surface area contributed by atoms with Gasteiger partial charge in [0, 0.05) is 18.1 Å². The van der Waals surface area contributed by atoms with Crippen LogP contribution in [0.3, 0.4) is 0 Å². The Balaban J connectivity index is 1.87. The third-order valence-electron chi connectivity index (χ3n) is 3.25. The highest BCUT2D eigenvalue weighted by Gasteiger charge is 2.47. The van der Waals surface area contributed by atoms with E-state index in [1.807, 2.05) is 0 Å². The third kappa shape index (κ3) is 2.31. The molecule has 0 bridgehead atoms. The minimum Gasteiger partial charge on any atom is -0.466 e. The van der Waals surface area contributed by atoms with E-state index >= 15 is 0 Å². The zero-order valence-electron chi connectivity index (χ0n) is 11.3. The molecular weight excluding hydrogens is 270 g/mol. The van der Waals surface area contributed by atoms with E-state index in [9.17, 15) is 9.59 Å². The van der Waals surface area contributed by atoms with Gasteiger partial charge < -0.3 is 15.4 Å². The Labute approximate surface area is 121 Å². The summed E-state index contributed by atoms with van der Waals surface area (Å²) in [5, 5.41) is 5.33. The summed E-state index contributed by atoms with van der Waals surface area (Å²) in [6.45, 7) is 1.44. The third-order valence-corrected chi connectivity index (χ3v) is 3.25. The molecule has 6 heteroatoms. The summed E-state index contributed by atoms with van der Waals surface area (Å²) in [5.41, 5.74) is -0.527. The van der Waals surface area contributed by atoms with Gasteiger partial charge in [-0.2, -0.15) is 0 Å². The van der Waals surface area contributed by atoms with Gasteiger partial charge in [0.05, 0.1) is 5.69 Å². The fraction of sp³-hybridized carbons (Fsp3) is 0.133. The van der Waals surface area contributed by atoms with Crippen LogP contribution in [0.5, 0.6) is 5.75 Å². The molecule has 2 aromatic rings. The van der Waals surface area contributed by atoms with Gasteiger partial charge in [0.2, 0.25) is 0 Å². The maximum Gasteiger partial charge on any atom is 0.278 e. The highest BCUT2D eigenvalue weighted by atomic mass is 16.5. The van der Waals surface area contributed by atoms with E-state index in [0.29, 0.717) is 17.1 Å². The minimum atomic E-state index is -1.63. The van der Waals surface area contributed by atoms with E-state index in [4.69, 9.17) is 4.74 Å². The summed E-state index contributed by atoms with van der Waals surface area (Å²) >= 11 is 0. The summed E-state index contributed by atoms with van der Waals surface area (Å²) in [4.78, 5) is 28.5. The average molecular weight is 283 g/mol. The maximum atomic E-state index is 12.4. The molecule has 2 heterocycles. The molecule has 2 N–H and O–H groups in total. The van der Waals surface area contributed by atoms with E-state index < -0.39 is 17.4 Å². The fourth-order valence-corrected chi connectivity index (χ4v) is 2.00. The molecule has 0 spiro atoms. The summed E-state index contributed by atoms with van der Waals surface area (Å²) in [6.07, 6.45) is 3.10. The Morgan fingerprint density at radius 1 is 1.24 bits per heavy atom. The van der Waals surface area contributed by atoms with Crippen molar-refractivity contribution >= 4 is 23.2 Å². The first-order valence-corrected chi connectivity index (χ1v) is 6.40. The molecule has 6 nitrogen and oxygen atoms in total. The number of pyridine rings is 1. The van der Waals surface area contributed by atoms with Gasteiger partial charge in [-0.05, 0) is 31.2 Å².